The number of hydrogen-bond donors (Lipinski definition) is 1. The molecule has 4 aromatic rings. The van der Waals surface area contributed by atoms with Gasteiger partial charge in [-0.15, -0.1) is 22.7 Å². The molecule has 0 amide bonds. The van der Waals surface area contributed by atoms with Crippen molar-refractivity contribution in [2.24, 2.45) is 0 Å². The number of aromatic nitrogens is 2. The van der Waals surface area contributed by atoms with E-state index in [9.17, 15) is 4.79 Å². The van der Waals surface area contributed by atoms with Crippen LogP contribution in [0.2, 0.25) is 0 Å². The zero-order chi connectivity index (χ0) is 17.4. The van der Waals surface area contributed by atoms with Crippen molar-refractivity contribution < 1.29 is 9.53 Å². The third-order valence-corrected chi connectivity index (χ3v) is 6.29. The van der Waals surface area contributed by atoms with Crippen molar-refractivity contribution in [1.29, 1.82) is 0 Å². The summed E-state index contributed by atoms with van der Waals surface area (Å²) < 4.78 is 5.10. The maximum Gasteiger partial charge on any atom is 0.350 e. The summed E-state index contributed by atoms with van der Waals surface area (Å²) in [5.74, 6) is -0.295. The van der Waals surface area contributed by atoms with Gasteiger partial charge in [0.05, 0.1) is 27.7 Å². The molecule has 6 heteroatoms. The van der Waals surface area contributed by atoms with E-state index in [1.807, 2.05) is 19.1 Å². The highest BCUT2D eigenvalue weighted by Crippen LogP contribution is 2.37. The molecule has 0 spiro atoms. The number of benzene rings is 1. The van der Waals surface area contributed by atoms with Crippen LogP contribution in [-0.4, -0.2) is 22.5 Å². The van der Waals surface area contributed by atoms with Gasteiger partial charge in [-0.3, -0.25) is 0 Å². The predicted molar refractivity (Wildman–Crippen MR) is 103 cm³/mol. The maximum atomic E-state index is 12.0. The molecular formula is C19H16N2O2S2. The maximum absolute atomic E-state index is 12.0. The molecule has 0 unspecified atom stereocenters. The van der Waals surface area contributed by atoms with Gasteiger partial charge < -0.3 is 9.72 Å². The van der Waals surface area contributed by atoms with Crippen molar-refractivity contribution in [3.8, 4) is 20.5 Å². The van der Waals surface area contributed by atoms with E-state index in [0.29, 0.717) is 11.5 Å². The van der Waals surface area contributed by atoms with E-state index < -0.39 is 0 Å². The first-order chi connectivity index (χ1) is 12.2. The summed E-state index contributed by atoms with van der Waals surface area (Å²) in [5, 5.41) is 2.05. The number of carbonyl (C=O) groups excluding carboxylic acids is 1. The minimum atomic E-state index is -0.295. The number of esters is 1. The number of para-hydroxylation sites is 1. The summed E-state index contributed by atoms with van der Waals surface area (Å²) >= 11 is 3.05. The SMILES string of the molecule is CCOC(=O)c1sc(-c2ccc(-c3cc4ccccc4[nH]3)s2)nc1C. The van der Waals surface area contributed by atoms with E-state index in [-0.39, 0.29) is 5.97 Å². The number of carbonyl (C=O) groups is 1. The van der Waals surface area contributed by atoms with Crippen LogP contribution in [0.3, 0.4) is 0 Å². The highest BCUT2D eigenvalue weighted by atomic mass is 32.1. The Hall–Kier alpha value is -2.44. The Morgan fingerprint density at radius 3 is 2.76 bits per heavy atom. The Kier molecular flexibility index (Phi) is 4.15. The molecular weight excluding hydrogens is 352 g/mol. The van der Waals surface area contributed by atoms with Crippen LogP contribution in [-0.2, 0) is 4.74 Å². The number of nitrogens with one attached hydrogen (secondary N) is 1. The normalized spacial score (nSPS) is 11.1. The fourth-order valence-electron chi connectivity index (χ4n) is 2.69. The fraction of sp³-hybridized carbons (Fsp3) is 0.158. The van der Waals surface area contributed by atoms with Crippen molar-refractivity contribution in [1.82, 2.24) is 9.97 Å². The van der Waals surface area contributed by atoms with Gasteiger partial charge in [0.2, 0.25) is 0 Å². The van der Waals surface area contributed by atoms with Gasteiger partial charge in [-0.25, -0.2) is 9.78 Å². The van der Waals surface area contributed by atoms with Gasteiger partial charge in [0, 0.05) is 10.9 Å². The second-order valence-electron chi connectivity index (χ2n) is 5.59. The van der Waals surface area contributed by atoms with Crippen molar-refractivity contribution in [2.75, 3.05) is 6.61 Å². The molecule has 25 heavy (non-hydrogen) atoms. The number of rotatable bonds is 4. The largest absolute Gasteiger partial charge is 0.462 e. The Morgan fingerprint density at radius 1 is 1.16 bits per heavy atom. The van der Waals surface area contributed by atoms with Crippen LogP contribution in [0, 0.1) is 6.92 Å². The van der Waals surface area contributed by atoms with Crippen molar-refractivity contribution in [3.63, 3.8) is 0 Å². The lowest BCUT2D eigenvalue weighted by Crippen LogP contribution is -2.03. The number of H-pyrrole nitrogens is 1. The third kappa shape index (κ3) is 2.99. The van der Waals surface area contributed by atoms with Crippen LogP contribution in [0.4, 0.5) is 0 Å². The van der Waals surface area contributed by atoms with Crippen LogP contribution >= 0.6 is 22.7 Å². The van der Waals surface area contributed by atoms with Crippen LogP contribution in [0.5, 0.6) is 0 Å². The van der Waals surface area contributed by atoms with Gasteiger partial charge in [0.1, 0.15) is 9.88 Å². The number of hydrogen-bond acceptors (Lipinski definition) is 5. The van der Waals surface area contributed by atoms with E-state index in [0.717, 1.165) is 31.7 Å². The van der Waals surface area contributed by atoms with Gasteiger partial charge in [0.15, 0.2) is 0 Å². The molecule has 4 nitrogen and oxygen atoms in total. The van der Waals surface area contributed by atoms with E-state index in [1.165, 1.54) is 16.7 Å². The number of fused-ring (bicyclic) bond motifs is 1. The Labute approximate surface area is 153 Å². The average Bonchev–Trinajstić information content (AvgIpc) is 3.31. The number of ether oxygens (including phenoxy) is 1. The lowest BCUT2D eigenvalue weighted by Gasteiger charge is -1.97. The number of thiazole rings is 1. The molecule has 0 radical (unpaired) electrons. The summed E-state index contributed by atoms with van der Waals surface area (Å²) in [4.78, 5) is 22.8. The number of aromatic amines is 1. The second-order valence-corrected chi connectivity index (χ2v) is 7.67. The number of aryl methyl sites for hydroxylation is 1. The number of thiophene rings is 1. The second kappa shape index (κ2) is 6.46. The summed E-state index contributed by atoms with van der Waals surface area (Å²) in [6, 6.07) is 14.5. The van der Waals surface area contributed by atoms with Crippen molar-refractivity contribution in [3.05, 3.63) is 53.0 Å². The first kappa shape index (κ1) is 16.1. The van der Waals surface area contributed by atoms with E-state index >= 15 is 0 Å². The molecule has 0 aliphatic heterocycles. The van der Waals surface area contributed by atoms with Crippen molar-refractivity contribution in [2.45, 2.75) is 13.8 Å². The zero-order valence-corrected chi connectivity index (χ0v) is 15.5. The predicted octanol–water partition coefficient (Wildman–Crippen LogP) is 5.51. The summed E-state index contributed by atoms with van der Waals surface area (Å²) in [5.41, 5.74) is 2.94. The molecule has 0 atom stereocenters. The monoisotopic (exact) mass is 368 g/mol. The summed E-state index contributed by atoms with van der Waals surface area (Å²) in [6.45, 7) is 4.02. The minimum Gasteiger partial charge on any atom is -0.462 e. The van der Waals surface area contributed by atoms with Crippen molar-refractivity contribution >= 4 is 39.5 Å². The summed E-state index contributed by atoms with van der Waals surface area (Å²) in [7, 11) is 0. The van der Waals surface area contributed by atoms with Crippen LogP contribution in [0.25, 0.3) is 31.4 Å². The average molecular weight is 368 g/mol. The van der Waals surface area contributed by atoms with E-state index in [4.69, 9.17) is 4.74 Å². The molecule has 0 aliphatic rings. The molecule has 0 aliphatic carbocycles. The van der Waals surface area contributed by atoms with Crippen LogP contribution in [0.1, 0.15) is 22.3 Å². The van der Waals surface area contributed by atoms with E-state index in [2.05, 4.69) is 40.3 Å². The van der Waals surface area contributed by atoms with Crippen LogP contribution < -0.4 is 0 Å². The van der Waals surface area contributed by atoms with Gasteiger partial charge in [-0.2, -0.15) is 0 Å². The topological polar surface area (TPSA) is 55.0 Å². The Morgan fingerprint density at radius 2 is 1.96 bits per heavy atom. The minimum absolute atomic E-state index is 0.295. The van der Waals surface area contributed by atoms with Gasteiger partial charge in [-0.05, 0) is 38.1 Å². The molecule has 3 heterocycles. The van der Waals surface area contributed by atoms with Gasteiger partial charge >= 0.3 is 5.97 Å². The molecule has 0 saturated heterocycles. The van der Waals surface area contributed by atoms with E-state index in [1.54, 1.807) is 18.3 Å². The molecule has 0 bridgehead atoms. The molecule has 1 aromatic carbocycles. The molecule has 4 rings (SSSR count). The standard InChI is InChI=1S/C19H16N2O2S2/c1-3-23-19(22)17-11(2)20-18(25-17)16-9-8-15(24-16)14-10-12-6-4-5-7-13(12)21-14/h4-10,21H,3H2,1-2H3. The molecule has 0 saturated carbocycles. The first-order valence-corrected chi connectivity index (χ1v) is 9.62. The van der Waals surface area contributed by atoms with Gasteiger partial charge in [-0.1, -0.05) is 18.2 Å². The molecule has 0 fully saturated rings. The first-order valence-electron chi connectivity index (χ1n) is 7.98. The molecule has 126 valence electrons. The third-order valence-electron chi connectivity index (χ3n) is 3.87. The highest BCUT2D eigenvalue weighted by molar-refractivity contribution is 7.24. The fourth-order valence-corrected chi connectivity index (χ4v) is 4.68. The zero-order valence-electron chi connectivity index (χ0n) is 13.8. The summed E-state index contributed by atoms with van der Waals surface area (Å²) in [6.07, 6.45) is 0. The smallest absolute Gasteiger partial charge is 0.350 e. The van der Waals surface area contributed by atoms with Crippen LogP contribution in [0.15, 0.2) is 42.5 Å². The lowest BCUT2D eigenvalue weighted by molar-refractivity contribution is 0.0531. The quantitative estimate of drug-likeness (QED) is 0.484. The van der Waals surface area contributed by atoms with Gasteiger partial charge in [0.25, 0.3) is 0 Å². The Balaban J connectivity index is 1.67. The Bertz CT molecular complexity index is 1030. The molecule has 1 N–H and O–H groups in total. The highest BCUT2D eigenvalue weighted by Gasteiger charge is 2.18. The lowest BCUT2D eigenvalue weighted by atomic mass is 10.2. The number of nitrogens with zero attached hydrogens (tertiary/aromatic N) is 1. The molecule has 3 aromatic heterocycles.